The fourth-order valence-electron chi connectivity index (χ4n) is 6.16. The van der Waals surface area contributed by atoms with Gasteiger partial charge in [0.15, 0.2) is 5.65 Å². The van der Waals surface area contributed by atoms with Gasteiger partial charge in [0.05, 0.1) is 17.9 Å². The van der Waals surface area contributed by atoms with Crippen LogP contribution in [0, 0.1) is 12.8 Å². The van der Waals surface area contributed by atoms with E-state index in [0.29, 0.717) is 11.8 Å². The van der Waals surface area contributed by atoms with Crippen molar-refractivity contribution in [3.63, 3.8) is 0 Å². The van der Waals surface area contributed by atoms with Crippen LogP contribution in [0.2, 0.25) is 0 Å². The van der Waals surface area contributed by atoms with Crippen LogP contribution in [-0.4, -0.2) is 48.0 Å². The summed E-state index contributed by atoms with van der Waals surface area (Å²) in [7, 11) is 0. The third-order valence-electron chi connectivity index (χ3n) is 8.55. The van der Waals surface area contributed by atoms with Crippen molar-refractivity contribution in [1.82, 2.24) is 34.9 Å². The summed E-state index contributed by atoms with van der Waals surface area (Å²) in [5.74, 6) is 1.06. The molecule has 0 saturated carbocycles. The van der Waals surface area contributed by atoms with Gasteiger partial charge in [0.1, 0.15) is 6.33 Å². The SMILES string of the molecule is Cc1cc(C2Nc3ccc(C4CCN(Cc5cn[nH]n5)CC4)cc3C2(C)C(C)C)cn2ncnc12. The van der Waals surface area contributed by atoms with Crippen molar-refractivity contribution in [3.05, 3.63) is 70.9 Å². The summed E-state index contributed by atoms with van der Waals surface area (Å²) in [6.07, 6.45) is 7.95. The highest BCUT2D eigenvalue weighted by molar-refractivity contribution is 5.65. The van der Waals surface area contributed by atoms with Gasteiger partial charge in [-0.15, -0.1) is 0 Å². The van der Waals surface area contributed by atoms with Crippen molar-refractivity contribution in [2.75, 3.05) is 18.4 Å². The van der Waals surface area contributed by atoms with Crippen LogP contribution in [-0.2, 0) is 12.0 Å². The summed E-state index contributed by atoms with van der Waals surface area (Å²) in [5, 5.41) is 19.2. The highest BCUT2D eigenvalue weighted by atomic mass is 15.3. The minimum absolute atomic E-state index is 0.0281. The van der Waals surface area contributed by atoms with E-state index in [-0.39, 0.29) is 11.5 Å². The Morgan fingerprint density at radius 3 is 2.71 bits per heavy atom. The number of nitrogens with one attached hydrogen (secondary N) is 2. The van der Waals surface area contributed by atoms with E-state index >= 15 is 0 Å². The van der Waals surface area contributed by atoms with Crippen molar-refractivity contribution in [2.24, 2.45) is 5.92 Å². The van der Waals surface area contributed by atoms with Crippen molar-refractivity contribution < 1.29 is 0 Å². The van der Waals surface area contributed by atoms with Crippen LogP contribution >= 0.6 is 0 Å². The summed E-state index contributed by atoms with van der Waals surface area (Å²) in [6, 6.07) is 9.62. The summed E-state index contributed by atoms with van der Waals surface area (Å²) in [4.78, 5) is 6.89. The summed E-state index contributed by atoms with van der Waals surface area (Å²) < 4.78 is 1.91. The number of benzene rings is 1. The molecule has 3 aromatic heterocycles. The quantitative estimate of drug-likeness (QED) is 0.443. The minimum atomic E-state index is -0.0281. The number of H-pyrrole nitrogens is 1. The fourth-order valence-corrected chi connectivity index (χ4v) is 6.16. The highest BCUT2D eigenvalue weighted by Gasteiger charge is 2.46. The monoisotopic (exact) mass is 470 g/mol. The molecule has 4 aromatic rings. The Labute approximate surface area is 206 Å². The van der Waals surface area contributed by atoms with Gasteiger partial charge in [-0.05, 0) is 79.1 Å². The Bertz CT molecular complexity index is 1330. The number of fused-ring (bicyclic) bond motifs is 2. The molecule has 8 nitrogen and oxygen atoms in total. The number of anilines is 1. The molecule has 1 aromatic carbocycles. The number of aromatic amines is 1. The average Bonchev–Trinajstić information content (AvgIpc) is 3.60. The van der Waals surface area contributed by atoms with Gasteiger partial charge in [-0.25, -0.2) is 9.50 Å². The van der Waals surface area contributed by atoms with Gasteiger partial charge in [-0.2, -0.15) is 20.5 Å². The normalized spacial score (nSPS) is 23.2. The number of likely N-dealkylation sites (tertiary alicyclic amines) is 1. The molecule has 0 aliphatic carbocycles. The lowest BCUT2D eigenvalue weighted by molar-refractivity contribution is 0.202. The molecule has 0 spiro atoms. The first-order valence-corrected chi connectivity index (χ1v) is 12.7. The van der Waals surface area contributed by atoms with E-state index in [1.165, 1.54) is 35.2 Å². The first-order chi connectivity index (χ1) is 16.9. The Morgan fingerprint density at radius 2 is 1.97 bits per heavy atom. The van der Waals surface area contributed by atoms with Crippen molar-refractivity contribution in [2.45, 2.75) is 64.5 Å². The average molecular weight is 471 g/mol. The first-order valence-electron chi connectivity index (χ1n) is 12.7. The second-order valence-electron chi connectivity index (χ2n) is 10.8. The van der Waals surface area contributed by atoms with Gasteiger partial charge < -0.3 is 5.32 Å². The van der Waals surface area contributed by atoms with E-state index in [4.69, 9.17) is 0 Å². The molecule has 2 unspecified atom stereocenters. The molecular formula is C27H34N8. The van der Waals surface area contributed by atoms with Gasteiger partial charge in [-0.3, -0.25) is 4.90 Å². The predicted molar refractivity (Wildman–Crippen MR) is 136 cm³/mol. The van der Waals surface area contributed by atoms with E-state index in [1.807, 2.05) is 10.7 Å². The van der Waals surface area contributed by atoms with Crippen LogP contribution in [0.15, 0.2) is 43.0 Å². The van der Waals surface area contributed by atoms with Crippen molar-refractivity contribution in [1.29, 1.82) is 0 Å². The molecule has 2 atom stereocenters. The number of hydrogen-bond acceptors (Lipinski definition) is 6. The van der Waals surface area contributed by atoms with Crippen LogP contribution in [0.1, 0.15) is 73.5 Å². The molecule has 6 rings (SSSR count). The number of piperidine rings is 1. The molecule has 0 radical (unpaired) electrons. The van der Waals surface area contributed by atoms with Crippen LogP contribution < -0.4 is 5.32 Å². The number of hydrogen-bond donors (Lipinski definition) is 2. The van der Waals surface area contributed by atoms with Crippen LogP contribution in [0.3, 0.4) is 0 Å². The summed E-state index contributed by atoms with van der Waals surface area (Å²) >= 11 is 0. The number of nitrogens with zero attached hydrogens (tertiary/aromatic N) is 6. The smallest absolute Gasteiger partial charge is 0.158 e. The fraction of sp³-hybridized carbons (Fsp3) is 0.481. The molecule has 182 valence electrons. The van der Waals surface area contributed by atoms with Gasteiger partial charge in [0.25, 0.3) is 0 Å². The number of aromatic nitrogens is 6. The minimum Gasteiger partial charge on any atom is -0.377 e. The number of rotatable bonds is 5. The van der Waals surface area contributed by atoms with E-state index in [1.54, 1.807) is 6.33 Å². The summed E-state index contributed by atoms with van der Waals surface area (Å²) in [5.41, 5.74) is 8.50. The molecule has 2 aliphatic heterocycles. The third-order valence-corrected chi connectivity index (χ3v) is 8.55. The van der Waals surface area contributed by atoms with Crippen LogP contribution in [0.5, 0.6) is 0 Å². The largest absolute Gasteiger partial charge is 0.377 e. The van der Waals surface area contributed by atoms with E-state index in [9.17, 15) is 0 Å². The van der Waals surface area contributed by atoms with Gasteiger partial charge >= 0.3 is 0 Å². The molecule has 2 aliphatic rings. The molecule has 1 fully saturated rings. The van der Waals surface area contributed by atoms with Gasteiger partial charge in [0, 0.05) is 23.8 Å². The van der Waals surface area contributed by atoms with Gasteiger partial charge in [-0.1, -0.05) is 32.9 Å². The molecule has 8 heteroatoms. The zero-order valence-electron chi connectivity index (χ0n) is 21.0. The lowest BCUT2D eigenvalue weighted by Crippen LogP contribution is -2.35. The standard InChI is InChI=1S/C27H34N8/c1-17(2)27(4)23-12-20(19-7-9-34(10-8-19)15-22-13-29-33-32-22)5-6-24(23)31-25(27)21-11-18(3)26-28-16-30-35(26)14-21/h5-6,11-14,16-17,19,25,31H,7-10,15H2,1-4H3,(H,29,32,33). The molecule has 0 bridgehead atoms. The third kappa shape index (κ3) is 3.71. The predicted octanol–water partition coefficient (Wildman–Crippen LogP) is 4.62. The lowest BCUT2D eigenvalue weighted by atomic mass is 9.68. The second-order valence-corrected chi connectivity index (χ2v) is 10.8. The zero-order chi connectivity index (χ0) is 24.2. The van der Waals surface area contributed by atoms with E-state index in [0.717, 1.165) is 36.5 Å². The molecule has 2 N–H and O–H groups in total. The Kier molecular flexibility index (Phi) is 5.36. The first kappa shape index (κ1) is 22.2. The van der Waals surface area contributed by atoms with Crippen molar-refractivity contribution in [3.8, 4) is 0 Å². The zero-order valence-corrected chi connectivity index (χ0v) is 21.0. The molecule has 0 amide bonds. The van der Waals surface area contributed by atoms with Gasteiger partial charge in [0.2, 0.25) is 0 Å². The van der Waals surface area contributed by atoms with E-state index < -0.39 is 0 Å². The number of aryl methyl sites for hydroxylation is 1. The maximum atomic E-state index is 4.42. The maximum absolute atomic E-state index is 4.42. The van der Waals surface area contributed by atoms with Crippen molar-refractivity contribution >= 4 is 11.3 Å². The molecule has 1 saturated heterocycles. The molecule has 35 heavy (non-hydrogen) atoms. The van der Waals surface area contributed by atoms with E-state index in [2.05, 4.69) is 93.9 Å². The molecule has 5 heterocycles. The Balaban J connectivity index is 1.27. The molecular weight excluding hydrogens is 436 g/mol. The lowest BCUT2D eigenvalue weighted by Gasteiger charge is -2.37. The maximum Gasteiger partial charge on any atom is 0.158 e. The topological polar surface area (TPSA) is 87.0 Å². The Hall–Kier alpha value is -3.26. The summed E-state index contributed by atoms with van der Waals surface area (Å²) in [6.45, 7) is 12.3. The van der Waals surface area contributed by atoms with Crippen LogP contribution in [0.25, 0.3) is 5.65 Å². The van der Waals surface area contributed by atoms with Crippen LogP contribution in [0.4, 0.5) is 5.69 Å². The Morgan fingerprint density at radius 1 is 1.14 bits per heavy atom. The number of pyridine rings is 1. The second kappa shape index (κ2) is 8.45. The highest BCUT2D eigenvalue weighted by Crippen LogP contribution is 2.53.